The largest absolute Gasteiger partial charge is 0.340 e. The van der Waals surface area contributed by atoms with E-state index >= 15 is 0 Å². The van der Waals surface area contributed by atoms with Crippen LogP contribution in [0.3, 0.4) is 0 Å². The van der Waals surface area contributed by atoms with Gasteiger partial charge < -0.3 is 4.90 Å². The van der Waals surface area contributed by atoms with Gasteiger partial charge in [0.1, 0.15) is 0 Å². The Morgan fingerprint density at radius 1 is 0.935 bits per heavy atom. The number of carbonyl (C=O) groups excluding carboxylic acids is 3. The van der Waals surface area contributed by atoms with E-state index < -0.39 is 4.92 Å². The van der Waals surface area contributed by atoms with Crippen molar-refractivity contribution in [2.24, 2.45) is 0 Å². The molecule has 0 aliphatic carbocycles. The first-order chi connectivity index (χ1) is 14.9. The van der Waals surface area contributed by atoms with Crippen LogP contribution in [-0.4, -0.2) is 70.1 Å². The molecule has 0 unspecified atom stereocenters. The smallest absolute Gasteiger partial charge is 0.269 e. The lowest BCUT2D eigenvalue weighted by Gasteiger charge is -2.35. The molecule has 0 aromatic heterocycles. The van der Waals surface area contributed by atoms with E-state index in [1.54, 1.807) is 41.3 Å². The van der Waals surface area contributed by atoms with Crippen molar-refractivity contribution in [3.05, 3.63) is 75.3 Å². The van der Waals surface area contributed by atoms with Gasteiger partial charge in [0.15, 0.2) is 0 Å². The Labute approximate surface area is 179 Å². The van der Waals surface area contributed by atoms with Crippen molar-refractivity contribution in [1.29, 1.82) is 0 Å². The maximum atomic E-state index is 12.6. The van der Waals surface area contributed by atoms with E-state index in [-0.39, 0.29) is 36.4 Å². The van der Waals surface area contributed by atoms with E-state index in [1.165, 1.54) is 6.07 Å². The van der Waals surface area contributed by atoms with Gasteiger partial charge >= 0.3 is 0 Å². The molecule has 2 heterocycles. The van der Waals surface area contributed by atoms with Gasteiger partial charge in [-0.2, -0.15) is 0 Å². The Morgan fingerprint density at radius 2 is 1.58 bits per heavy atom. The summed E-state index contributed by atoms with van der Waals surface area (Å²) in [6.07, 6.45) is 0.0936. The highest BCUT2D eigenvalue weighted by Gasteiger charge is 2.35. The van der Waals surface area contributed by atoms with E-state index in [0.29, 0.717) is 43.9 Å². The van der Waals surface area contributed by atoms with Gasteiger partial charge in [-0.05, 0) is 17.7 Å². The fraction of sp³-hybridized carbons (Fsp3) is 0.318. The minimum absolute atomic E-state index is 0.0685. The molecule has 2 aliphatic heterocycles. The fourth-order valence-electron chi connectivity index (χ4n) is 3.99. The number of non-ortho nitro benzene ring substituents is 1. The number of fused-ring (bicyclic) bond motifs is 1. The number of imide groups is 1. The molecule has 0 radical (unpaired) electrons. The number of nitrogens with zero attached hydrogens (tertiary/aromatic N) is 4. The van der Waals surface area contributed by atoms with Crippen LogP contribution in [0.15, 0.2) is 48.5 Å². The van der Waals surface area contributed by atoms with E-state index in [4.69, 9.17) is 0 Å². The average Bonchev–Trinajstić information content (AvgIpc) is 3.03. The molecule has 2 aromatic carbocycles. The number of nitro benzene ring substituents is 1. The highest BCUT2D eigenvalue weighted by Crippen LogP contribution is 2.22. The van der Waals surface area contributed by atoms with Crippen molar-refractivity contribution >= 4 is 23.4 Å². The molecule has 0 N–H and O–H groups in total. The van der Waals surface area contributed by atoms with E-state index in [9.17, 15) is 24.5 Å². The second-order valence-electron chi connectivity index (χ2n) is 7.64. The number of rotatable bonds is 6. The SMILES string of the molecule is O=C(CCN1C(=O)c2ccccc2C1=O)N1CCN(Cc2cccc([N+](=O)[O-])c2)CC1. The number of piperazine rings is 1. The van der Waals surface area contributed by atoms with Crippen molar-refractivity contribution < 1.29 is 19.3 Å². The van der Waals surface area contributed by atoms with Crippen molar-refractivity contribution in [3.63, 3.8) is 0 Å². The Bertz CT molecular complexity index is 1010. The summed E-state index contributed by atoms with van der Waals surface area (Å²) < 4.78 is 0. The molecule has 9 heteroatoms. The third-order valence-corrected chi connectivity index (χ3v) is 5.68. The monoisotopic (exact) mass is 422 g/mol. The third kappa shape index (κ3) is 4.31. The summed E-state index contributed by atoms with van der Waals surface area (Å²) in [7, 11) is 0. The highest BCUT2D eigenvalue weighted by atomic mass is 16.6. The number of hydrogen-bond acceptors (Lipinski definition) is 6. The average molecular weight is 422 g/mol. The van der Waals surface area contributed by atoms with Gasteiger partial charge in [0, 0.05) is 57.8 Å². The van der Waals surface area contributed by atoms with Crippen LogP contribution >= 0.6 is 0 Å². The van der Waals surface area contributed by atoms with Crippen molar-refractivity contribution in [2.45, 2.75) is 13.0 Å². The fourth-order valence-corrected chi connectivity index (χ4v) is 3.99. The molecule has 0 bridgehead atoms. The summed E-state index contributed by atoms with van der Waals surface area (Å²) in [4.78, 5) is 53.0. The molecule has 9 nitrogen and oxygen atoms in total. The molecule has 2 aromatic rings. The van der Waals surface area contributed by atoms with Crippen LogP contribution in [0.25, 0.3) is 0 Å². The summed E-state index contributed by atoms with van der Waals surface area (Å²) in [5, 5.41) is 10.9. The molecule has 0 saturated carbocycles. The summed E-state index contributed by atoms with van der Waals surface area (Å²) in [6.45, 7) is 3.03. The van der Waals surface area contributed by atoms with Gasteiger partial charge in [-0.3, -0.25) is 34.3 Å². The summed E-state index contributed by atoms with van der Waals surface area (Å²) in [6, 6.07) is 13.2. The van der Waals surface area contributed by atoms with Gasteiger partial charge in [0.25, 0.3) is 17.5 Å². The van der Waals surface area contributed by atoms with Gasteiger partial charge in [-0.15, -0.1) is 0 Å². The van der Waals surface area contributed by atoms with Crippen LogP contribution < -0.4 is 0 Å². The molecule has 4 rings (SSSR count). The number of nitro groups is 1. The van der Waals surface area contributed by atoms with E-state index in [0.717, 1.165) is 10.5 Å². The summed E-state index contributed by atoms with van der Waals surface area (Å²) in [5.41, 5.74) is 1.70. The predicted octanol–water partition coefficient (Wildman–Crippen LogP) is 1.93. The summed E-state index contributed by atoms with van der Waals surface area (Å²) in [5.74, 6) is -0.795. The molecule has 31 heavy (non-hydrogen) atoms. The zero-order valence-electron chi connectivity index (χ0n) is 16.9. The minimum atomic E-state index is -0.408. The van der Waals surface area contributed by atoms with Gasteiger partial charge in [-0.25, -0.2) is 0 Å². The Morgan fingerprint density at radius 3 is 2.19 bits per heavy atom. The Hall–Kier alpha value is -3.59. The lowest BCUT2D eigenvalue weighted by molar-refractivity contribution is -0.384. The van der Waals surface area contributed by atoms with Crippen LogP contribution in [0.4, 0.5) is 5.69 Å². The van der Waals surface area contributed by atoms with Crippen LogP contribution in [0.1, 0.15) is 32.7 Å². The third-order valence-electron chi connectivity index (χ3n) is 5.68. The molecule has 1 fully saturated rings. The quantitative estimate of drug-likeness (QED) is 0.400. The van der Waals surface area contributed by atoms with Gasteiger partial charge in [-0.1, -0.05) is 24.3 Å². The lowest BCUT2D eigenvalue weighted by Crippen LogP contribution is -2.49. The maximum Gasteiger partial charge on any atom is 0.269 e. The molecule has 160 valence electrons. The Balaban J connectivity index is 1.26. The normalized spacial score (nSPS) is 16.5. The van der Waals surface area contributed by atoms with Crippen molar-refractivity contribution in [1.82, 2.24) is 14.7 Å². The second-order valence-corrected chi connectivity index (χ2v) is 7.64. The zero-order valence-corrected chi connectivity index (χ0v) is 16.9. The van der Waals surface area contributed by atoms with Crippen LogP contribution in [-0.2, 0) is 11.3 Å². The second kappa shape index (κ2) is 8.65. The van der Waals surface area contributed by atoms with Crippen LogP contribution in [0.5, 0.6) is 0 Å². The lowest BCUT2D eigenvalue weighted by atomic mass is 10.1. The zero-order chi connectivity index (χ0) is 22.0. The number of hydrogen-bond donors (Lipinski definition) is 0. The van der Waals surface area contributed by atoms with Crippen molar-refractivity contribution in [3.8, 4) is 0 Å². The van der Waals surface area contributed by atoms with Crippen LogP contribution in [0, 0.1) is 10.1 Å². The molecule has 0 spiro atoms. The van der Waals surface area contributed by atoms with Gasteiger partial charge in [0.05, 0.1) is 16.1 Å². The van der Waals surface area contributed by atoms with Gasteiger partial charge in [0.2, 0.25) is 5.91 Å². The number of carbonyl (C=O) groups is 3. The highest BCUT2D eigenvalue weighted by molar-refractivity contribution is 6.21. The topological polar surface area (TPSA) is 104 Å². The molecular formula is C22H22N4O5. The Kier molecular flexibility index (Phi) is 5.77. The molecule has 3 amide bonds. The molecule has 0 atom stereocenters. The maximum absolute atomic E-state index is 12.6. The molecule has 1 saturated heterocycles. The summed E-state index contributed by atoms with van der Waals surface area (Å²) >= 11 is 0. The standard InChI is InChI=1S/C22H22N4O5/c27-20(8-9-25-21(28)18-6-1-2-7-19(18)22(25)29)24-12-10-23(11-13-24)15-16-4-3-5-17(14-16)26(30)31/h1-7,14H,8-13,15H2. The predicted molar refractivity (Wildman–Crippen MR) is 111 cm³/mol. The minimum Gasteiger partial charge on any atom is -0.340 e. The number of benzene rings is 2. The first-order valence-electron chi connectivity index (χ1n) is 10.1. The first-order valence-corrected chi connectivity index (χ1v) is 10.1. The van der Waals surface area contributed by atoms with E-state index in [2.05, 4.69) is 4.90 Å². The molecule has 2 aliphatic rings. The van der Waals surface area contributed by atoms with Crippen LogP contribution in [0.2, 0.25) is 0 Å². The first kappa shape index (κ1) is 20.7. The van der Waals surface area contributed by atoms with E-state index in [1.807, 2.05) is 6.07 Å². The number of amides is 3. The molecular weight excluding hydrogens is 400 g/mol. The van der Waals surface area contributed by atoms with Crippen molar-refractivity contribution in [2.75, 3.05) is 32.7 Å².